The molecule has 2 aliphatic heterocycles. The Morgan fingerprint density at radius 2 is 1.97 bits per heavy atom. The van der Waals surface area contributed by atoms with Gasteiger partial charge in [0.2, 0.25) is 5.91 Å². The molecule has 5 nitrogen and oxygen atoms in total. The number of nitrogens with one attached hydrogen (secondary N) is 1. The molecule has 0 spiro atoms. The van der Waals surface area contributed by atoms with E-state index in [1.54, 1.807) is 13.2 Å². The third-order valence-electron chi connectivity index (χ3n) is 6.38. The molecule has 2 atom stereocenters. The second-order valence-electron chi connectivity index (χ2n) is 8.25. The Morgan fingerprint density at radius 1 is 1.14 bits per heavy atom. The second-order valence-corrected chi connectivity index (χ2v) is 8.25. The molecule has 1 amide bonds. The number of carbonyl (C=O) groups excluding carboxylic acids is 1. The number of rotatable bonds is 4. The van der Waals surface area contributed by atoms with Crippen molar-refractivity contribution in [2.45, 2.75) is 31.3 Å². The molecule has 0 radical (unpaired) electrons. The number of methoxy groups -OCH3 is 1. The van der Waals surface area contributed by atoms with Crippen LogP contribution in [0.15, 0.2) is 42.5 Å². The second kappa shape index (κ2) is 7.25. The van der Waals surface area contributed by atoms with Gasteiger partial charge in [0.25, 0.3) is 0 Å². The van der Waals surface area contributed by atoms with Crippen molar-refractivity contribution in [1.29, 1.82) is 0 Å². The zero-order chi connectivity index (χ0) is 20.0. The minimum absolute atomic E-state index is 0.00159. The van der Waals surface area contributed by atoms with Crippen molar-refractivity contribution >= 4 is 17.3 Å². The highest BCUT2D eigenvalue weighted by Crippen LogP contribution is 2.39. The van der Waals surface area contributed by atoms with E-state index in [0.717, 1.165) is 30.8 Å². The standard InChI is InChI=1S/C23H26FN3O2/c1-29-17-9-6-15-12-18(23(28)25-16-7-8-16)22-14-26(10-11-27(22)21(15)13-17)20-5-3-2-4-19(20)24/h2-6,9,13,16,18,22H,7-8,10-12,14H2,1H3,(H,25,28). The molecule has 0 aromatic heterocycles. The molecule has 6 heteroatoms. The first-order chi connectivity index (χ1) is 14.1. The topological polar surface area (TPSA) is 44.8 Å². The van der Waals surface area contributed by atoms with Crippen LogP contribution in [0.2, 0.25) is 0 Å². The van der Waals surface area contributed by atoms with Gasteiger partial charge in [0.15, 0.2) is 0 Å². The minimum Gasteiger partial charge on any atom is -0.497 e. The molecule has 2 fully saturated rings. The molecule has 2 aromatic carbocycles. The highest BCUT2D eigenvalue weighted by Gasteiger charge is 2.43. The number of para-hydroxylation sites is 1. The summed E-state index contributed by atoms with van der Waals surface area (Å²) in [5.74, 6) is 0.586. The molecular weight excluding hydrogens is 369 g/mol. The van der Waals surface area contributed by atoms with Crippen LogP contribution in [0, 0.1) is 11.7 Å². The van der Waals surface area contributed by atoms with Crippen molar-refractivity contribution in [2.24, 2.45) is 5.92 Å². The maximum Gasteiger partial charge on any atom is 0.225 e. The zero-order valence-corrected chi connectivity index (χ0v) is 16.6. The predicted molar refractivity (Wildman–Crippen MR) is 111 cm³/mol. The Hall–Kier alpha value is -2.76. The molecular formula is C23H26FN3O2. The van der Waals surface area contributed by atoms with E-state index in [4.69, 9.17) is 4.74 Å². The molecule has 2 unspecified atom stereocenters. The van der Waals surface area contributed by atoms with Crippen LogP contribution in [-0.4, -0.2) is 44.7 Å². The van der Waals surface area contributed by atoms with Gasteiger partial charge in [-0.15, -0.1) is 0 Å². The van der Waals surface area contributed by atoms with Gasteiger partial charge in [0, 0.05) is 37.4 Å². The van der Waals surface area contributed by atoms with Crippen molar-refractivity contribution in [3.05, 3.63) is 53.8 Å². The van der Waals surface area contributed by atoms with Gasteiger partial charge in [-0.05, 0) is 43.0 Å². The number of benzene rings is 2. The first-order valence-corrected chi connectivity index (χ1v) is 10.4. The average Bonchev–Trinajstić information content (AvgIpc) is 3.56. The summed E-state index contributed by atoms with van der Waals surface area (Å²) in [5, 5.41) is 3.19. The van der Waals surface area contributed by atoms with Gasteiger partial charge < -0.3 is 19.9 Å². The van der Waals surface area contributed by atoms with Gasteiger partial charge >= 0.3 is 0 Å². The number of carbonyl (C=O) groups is 1. The number of hydrogen-bond acceptors (Lipinski definition) is 4. The van der Waals surface area contributed by atoms with Crippen LogP contribution in [0.4, 0.5) is 15.8 Å². The maximum absolute atomic E-state index is 14.4. The molecule has 2 aromatic rings. The Morgan fingerprint density at radius 3 is 2.72 bits per heavy atom. The summed E-state index contributed by atoms with van der Waals surface area (Å²) < 4.78 is 19.9. The molecule has 3 aliphatic rings. The number of nitrogens with zero attached hydrogens (tertiary/aromatic N) is 2. The Balaban J connectivity index is 1.48. The van der Waals surface area contributed by atoms with Crippen molar-refractivity contribution in [3.8, 4) is 5.75 Å². The summed E-state index contributed by atoms with van der Waals surface area (Å²) in [4.78, 5) is 17.5. The van der Waals surface area contributed by atoms with E-state index < -0.39 is 0 Å². The monoisotopic (exact) mass is 395 g/mol. The molecule has 5 rings (SSSR count). The number of halogens is 1. The number of amides is 1. The SMILES string of the molecule is COc1ccc2c(c1)N1CCN(c3ccccc3F)CC1C(C(=O)NC1CC1)C2. The summed E-state index contributed by atoms with van der Waals surface area (Å²) in [7, 11) is 1.67. The number of ether oxygens (including phenoxy) is 1. The summed E-state index contributed by atoms with van der Waals surface area (Å²) in [5.41, 5.74) is 2.93. The summed E-state index contributed by atoms with van der Waals surface area (Å²) >= 11 is 0. The molecule has 1 saturated heterocycles. The molecule has 0 bridgehead atoms. The number of fused-ring (bicyclic) bond motifs is 3. The zero-order valence-electron chi connectivity index (χ0n) is 16.6. The molecule has 2 heterocycles. The highest BCUT2D eigenvalue weighted by atomic mass is 19.1. The van der Waals surface area contributed by atoms with Crippen LogP contribution in [0.5, 0.6) is 5.75 Å². The third kappa shape index (κ3) is 3.41. The third-order valence-corrected chi connectivity index (χ3v) is 6.38. The first-order valence-electron chi connectivity index (χ1n) is 10.4. The lowest BCUT2D eigenvalue weighted by Crippen LogP contribution is -2.61. The smallest absolute Gasteiger partial charge is 0.225 e. The normalized spacial score (nSPS) is 23.2. The van der Waals surface area contributed by atoms with E-state index in [-0.39, 0.29) is 23.7 Å². The first kappa shape index (κ1) is 18.3. The fourth-order valence-corrected chi connectivity index (χ4v) is 4.67. The van der Waals surface area contributed by atoms with Crippen LogP contribution >= 0.6 is 0 Å². The van der Waals surface area contributed by atoms with Crippen LogP contribution < -0.4 is 19.9 Å². The Kier molecular flexibility index (Phi) is 4.57. The maximum atomic E-state index is 14.4. The summed E-state index contributed by atoms with van der Waals surface area (Å²) in [6.45, 7) is 2.08. The lowest BCUT2D eigenvalue weighted by molar-refractivity contribution is -0.126. The van der Waals surface area contributed by atoms with E-state index in [9.17, 15) is 9.18 Å². The number of anilines is 2. The molecule has 1 aliphatic carbocycles. The summed E-state index contributed by atoms with van der Waals surface area (Å²) in [6, 6.07) is 13.3. The quantitative estimate of drug-likeness (QED) is 0.865. The minimum atomic E-state index is -0.210. The van der Waals surface area contributed by atoms with Gasteiger partial charge in [-0.1, -0.05) is 18.2 Å². The van der Waals surface area contributed by atoms with Crippen LogP contribution in [0.3, 0.4) is 0 Å². The van der Waals surface area contributed by atoms with E-state index in [0.29, 0.717) is 31.2 Å². The Labute approximate surface area is 170 Å². The molecule has 1 saturated carbocycles. The lowest BCUT2D eigenvalue weighted by Gasteiger charge is -2.49. The fraction of sp³-hybridized carbons (Fsp3) is 0.435. The van der Waals surface area contributed by atoms with Gasteiger partial charge in [-0.25, -0.2) is 4.39 Å². The Bertz CT molecular complexity index is 930. The van der Waals surface area contributed by atoms with Crippen molar-refractivity contribution in [1.82, 2.24) is 5.32 Å². The average molecular weight is 395 g/mol. The van der Waals surface area contributed by atoms with Crippen LogP contribution in [0.25, 0.3) is 0 Å². The highest BCUT2D eigenvalue weighted by molar-refractivity contribution is 5.83. The molecule has 152 valence electrons. The number of piperazine rings is 1. The van der Waals surface area contributed by atoms with Crippen molar-refractivity contribution in [2.75, 3.05) is 36.5 Å². The van der Waals surface area contributed by atoms with Crippen LogP contribution in [0.1, 0.15) is 18.4 Å². The molecule has 29 heavy (non-hydrogen) atoms. The summed E-state index contributed by atoms with van der Waals surface area (Å²) in [6.07, 6.45) is 2.84. The predicted octanol–water partition coefficient (Wildman–Crippen LogP) is 2.98. The van der Waals surface area contributed by atoms with Gasteiger partial charge in [0.1, 0.15) is 11.6 Å². The van der Waals surface area contributed by atoms with Gasteiger partial charge in [-0.3, -0.25) is 4.79 Å². The van der Waals surface area contributed by atoms with Crippen LogP contribution in [-0.2, 0) is 11.2 Å². The van der Waals surface area contributed by atoms with E-state index in [1.807, 2.05) is 18.2 Å². The fourth-order valence-electron chi connectivity index (χ4n) is 4.67. The molecule has 1 N–H and O–H groups in total. The van der Waals surface area contributed by atoms with E-state index in [1.165, 1.54) is 11.6 Å². The largest absolute Gasteiger partial charge is 0.497 e. The van der Waals surface area contributed by atoms with E-state index >= 15 is 0 Å². The lowest BCUT2D eigenvalue weighted by atomic mass is 9.83. The van der Waals surface area contributed by atoms with Crippen molar-refractivity contribution in [3.63, 3.8) is 0 Å². The van der Waals surface area contributed by atoms with Gasteiger partial charge in [0.05, 0.1) is 24.8 Å². The number of hydrogen-bond donors (Lipinski definition) is 1. The van der Waals surface area contributed by atoms with Gasteiger partial charge in [-0.2, -0.15) is 0 Å². The van der Waals surface area contributed by atoms with Crippen molar-refractivity contribution < 1.29 is 13.9 Å². The van der Waals surface area contributed by atoms with E-state index in [2.05, 4.69) is 27.2 Å².